The number of thioether (sulfide) groups is 1. The van der Waals surface area contributed by atoms with Crippen LogP contribution in [0, 0.1) is 0 Å². The zero-order valence-electron chi connectivity index (χ0n) is 19.6. The summed E-state index contributed by atoms with van der Waals surface area (Å²) in [7, 11) is 0. The molecule has 6 nitrogen and oxygen atoms in total. The number of fused-ring (bicyclic) bond motifs is 1. The standard InChI is InChI=1S/C23H34N4O2S2/c1-8-10-24-16(28)12-26-17(29)14-31-19(15-9-11-30-13-15)18-20(22(2,3)4)25-27(21(18)26)23(5,6)7/h9,11,13,19H,8,10,12,14H2,1-7H3,(H,24,28). The first-order chi connectivity index (χ1) is 14.4. The second kappa shape index (κ2) is 8.98. The number of hydrogen-bond donors (Lipinski definition) is 1. The molecule has 1 atom stereocenters. The van der Waals surface area contributed by atoms with Crippen LogP contribution < -0.4 is 10.2 Å². The van der Waals surface area contributed by atoms with Gasteiger partial charge >= 0.3 is 0 Å². The summed E-state index contributed by atoms with van der Waals surface area (Å²) in [6.45, 7) is 15.4. The van der Waals surface area contributed by atoms with Crippen LogP contribution in [-0.4, -0.2) is 40.4 Å². The number of thiophene rings is 1. The molecule has 1 aliphatic rings. The molecule has 2 aromatic heterocycles. The normalized spacial score (nSPS) is 17.5. The van der Waals surface area contributed by atoms with Crippen molar-refractivity contribution in [1.82, 2.24) is 15.1 Å². The molecule has 1 aliphatic heterocycles. The summed E-state index contributed by atoms with van der Waals surface area (Å²) < 4.78 is 1.96. The Labute approximate surface area is 193 Å². The molecule has 0 aromatic carbocycles. The third-order valence-corrected chi connectivity index (χ3v) is 7.11. The summed E-state index contributed by atoms with van der Waals surface area (Å²) in [5.74, 6) is 0.889. The Hall–Kier alpha value is -1.80. The van der Waals surface area contributed by atoms with E-state index >= 15 is 0 Å². The van der Waals surface area contributed by atoms with Crippen LogP contribution in [0.15, 0.2) is 16.8 Å². The van der Waals surface area contributed by atoms with Crippen molar-refractivity contribution in [2.45, 2.75) is 71.1 Å². The van der Waals surface area contributed by atoms with Crippen molar-refractivity contribution in [1.29, 1.82) is 0 Å². The van der Waals surface area contributed by atoms with Crippen molar-refractivity contribution >= 4 is 40.7 Å². The largest absolute Gasteiger partial charge is 0.355 e. The number of carbonyl (C=O) groups is 2. The summed E-state index contributed by atoms with van der Waals surface area (Å²) in [6, 6.07) is 2.13. The summed E-state index contributed by atoms with van der Waals surface area (Å²) in [5.41, 5.74) is 2.66. The number of carbonyl (C=O) groups excluding carboxylic acids is 2. The number of aromatic nitrogens is 2. The second-order valence-electron chi connectivity index (χ2n) is 10.00. The van der Waals surface area contributed by atoms with Crippen LogP contribution >= 0.6 is 23.1 Å². The van der Waals surface area contributed by atoms with Gasteiger partial charge in [-0.3, -0.25) is 14.5 Å². The molecule has 31 heavy (non-hydrogen) atoms. The lowest BCUT2D eigenvalue weighted by atomic mass is 9.87. The molecule has 0 saturated carbocycles. The minimum atomic E-state index is -0.347. The fraction of sp³-hybridized carbons (Fsp3) is 0.609. The maximum atomic E-state index is 13.3. The maximum absolute atomic E-state index is 13.3. The highest BCUT2D eigenvalue weighted by molar-refractivity contribution is 8.00. The molecule has 2 aromatic rings. The van der Waals surface area contributed by atoms with Crippen molar-refractivity contribution in [3.63, 3.8) is 0 Å². The molecule has 0 saturated heterocycles. The van der Waals surface area contributed by atoms with Crippen molar-refractivity contribution in [2.75, 3.05) is 23.7 Å². The molecule has 0 aliphatic carbocycles. The van der Waals surface area contributed by atoms with Gasteiger partial charge in [-0.1, -0.05) is 27.7 Å². The Balaban J connectivity index is 2.25. The average molecular weight is 463 g/mol. The van der Waals surface area contributed by atoms with E-state index < -0.39 is 0 Å². The maximum Gasteiger partial charge on any atom is 0.240 e. The van der Waals surface area contributed by atoms with Crippen LogP contribution in [0.5, 0.6) is 0 Å². The monoisotopic (exact) mass is 462 g/mol. The summed E-state index contributed by atoms with van der Waals surface area (Å²) >= 11 is 3.28. The molecule has 1 N–H and O–H groups in total. The van der Waals surface area contributed by atoms with Gasteiger partial charge in [-0.15, -0.1) is 11.8 Å². The number of anilines is 1. The predicted molar refractivity (Wildman–Crippen MR) is 130 cm³/mol. The number of nitrogens with zero attached hydrogens (tertiary/aromatic N) is 3. The summed E-state index contributed by atoms with van der Waals surface area (Å²) in [4.78, 5) is 27.7. The first-order valence-electron chi connectivity index (χ1n) is 10.8. The zero-order chi connectivity index (χ0) is 23.0. The Morgan fingerprint density at radius 3 is 2.52 bits per heavy atom. The van der Waals surface area contributed by atoms with Crippen molar-refractivity contribution < 1.29 is 9.59 Å². The number of amides is 2. The lowest BCUT2D eigenvalue weighted by molar-refractivity contribution is -0.122. The molecule has 1 unspecified atom stereocenters. The van der Waals surface area contributed by atoms with Gasteiger partial charge in [0.2, 0.25) is 11.8 Å². The highest BCUT2D eigenvalue weighted by Gasteiger charge is 2.41. The first-order valence-corrected chi connectivity index (χ1v) is 12.8. The van der Waals surface area contributed by atoms with E-state index in [4.69, 9.17) is 5.10 Å². The van der Waals surface area contributed by atoms with Gasteiger partial charge in [0.15, 0.2) is 0 Å². The van der Waals surface area contributed by atoms with Crippen LogP contribution in [0.4, 0.5) is 5.82 Å². The quantitative estimate of drug-likeness (QED) is 0.700. The highest BCUT2D eigenvalue weighted by atomic mass is 32.2. The van der Waals surface area contributed by atoms with E-state index in [2.05, 4.69) is 63.7 Å². The van der Waals surface area contributed by atoms with E-state index in [1.165, 1.54) is 5.56 Å². The van der Waals surface area contributed by atoms with Crippen LogP contribution in [0.25, 0.3) is 0 Å². The van der Waals surface area contributed by atoms with E-state index in [1.54, 1.807) is 28.0 Å². The van der Waals surface area contributed by atoms with Gasteiger partial charge in [0.1, 0.15) is 12.4 Å². The van der Waals surface area contributed by atoms with Crippen molar-refractivity contribution in [3.05, 3.63) is 33.6 Å². The molecule has 170 valence electrons. The molecule has 0 fully saturated rings. The smallest absolute Gasteiger partial charge is 0.240 e. The van der Waals surface area contributed by atoms with E-state index in [0.29, 0.717) is 12.3 Å². The van der Waals surface area contributed by atoms with Crippen molar-refractivity contribution in [2.24, 2.45) is 0 Å². The number of nitrogens with one attached hydrogen (secondary N) is 1. The minimum absolute atomic E-state index is 0.000715. The lowest BCUT2D eigenvalue weighted by Gasteiger charge is -2.28. The summed E-state index contributed by atoms with van der Waals surface area (Å²) in [6.07, 6.45) is 0.856. The van der Waals surface area contributed by atoms with Gasteiger partial charge in [-0.05, 0) is 49.6 Å². The van der Waals surface area contributed by atoms with Crippen molar-refractivity contribution in [3.8, 4) is 0 Å². The first kappa shape index (κ1) is 23.9. The number of hydrogen-bond acceptors (Lipinski definition) is 5. The molecule has 0 bridgehead atoms. The van der Waals surface area contributed by atoms with E-state index in [0.717, 1.165) is 23.5 Å². The fourth-order valence-electron chi connectivity index (χ4n) is 3.69. The van der Waals surface area contributed by atoms with Crippen LogP contribution in [0.1, 0.15) is 77.0 Å². The Morgan fingerprint density at radius 2 is 1.97 bits per heavy atom. The SMILES string of the molecule is CCCNC(=O)CN1C(=O)CSC(c2ccsc2)c2c(C(C)(C)C)nn(C(C)(C)C)c21. The minimum Gasteiger partial charge on any atom is -0.355 e. The van der Waals surface area contributed by atoms with E-state index in [1.807, 2.05) is 11.6 Å². The predicted octanol–water partition coefficient (Wildman–Crippen LogP) is 4.69. The Bertz CT molecular complexity index is 936. The Kier molecular flexibility index (Phi) is 6.91. The molecular weight excluding hydrogens is 428 g/mol. The van der Waals surface area contributed by atoms with E-state index in [9.17, 15) is 9.59 Å². The highest BCUT2D eigenvalue weighted by Crippen LogP contribution is 2.49. The van der Waals surface area contributed by atoms with Gasteiger partial charge in [-0.2, -0.15) is 16.4 Å². The van der Waals surface area contributed by atoms with Gasteiger partial charge in [0, 0.05) is 17.5 Å². The average Bonchev–Trinajstić information content (AvgIpc) is 3.30. The van der Waals surface area contributed by atoms with Crippen LogP contribution in [0.2, 0.25) is 0 Å². The van der Waals surface area contributed by atoms with Gasteiger partial charge in [0.05, 0.1) is 22.2 Å². The van der Waals surface area contributed by atoms with Crippen LogP contribution in [-0.2, 0) is 20.5 Å². The number of rotatable bonds is 5. The lowest BCUT2D eigenvalue weighted by Crippen LogP contribution is -2.43. The van der Waals surface area contributed by atoms with Crippen LogP contribution in [0.3, 0.4) is 0 Å². The molecule has 8 heteroatoms. The Morgan fingerprint density at radius 1 is 1.26 bits per heavy atom. The van der Waals surface area contributed by atoms with Gasteiger partial charge in [-0.25, -0.2) is 4.68 Å². The third-order valence-electron chi connectivity index (χ3n) is 5.15. The summed E-state index contributed by atoms with van der Waals surface area (Å²) in [5, 5.41) is 12.2. The molecule has 3 heterocycles. The fourth-order valence-corrected chi connectivity index (χ4v) is 5.65. The molecule has 0 spiro atoms. The van der Waals surface area contributed by atoms with Gasteiger partial charge < -0.3 is 5.32 Å². The molecule has 3 rings (SSSR count). The molecule has 0 radical (unpaired) electrons. The van der Waals surface area contributed by atoms with Gasteiger partial charge in [0.25, 0.3) is 0 Å². The topological polar surface area (TPSA) is 67.2 Å². The zero-order valence-corrected chi connectivity index (χ0v) is 21.2. The molecular formula is C23H34N4O2S2. The second-order valence-corrected chi connectivity index (χ2v) is 11.9. The molecule has 2 amide bonds. The third kappa shape index (κ3) is 5.00. The van der Waals surface area contributed by atoms with E-state index in [-0.39, 0.29) is 34.6 Å².